The monoisotopic (exact) mass is 339 g/mol. The summed E-state index contributed by atoms with van der Waals surface area (Å²) in [5.41, 5.74) is 1.05. The molecule has 0 radical (unpaired) electrons. The normalized spacial score (nSPS) is 24.1. The maximum Gasteiger partial charge on any atom is 0.219 e. The predicted molar refractivity (Wildman–Crippen MR) is 95.8 cm³/mol. The van der Waals surface area contributed by atoms with Crippen LogP contribution in [0.15, 0.2) is 40.9 Å². The van der Waals surface area contributed by atoms with E-state index in [4.69, 9.17) is 4.42 Å². The third kappa shape index (κ3) is 3.33. The summed E-state index contributed by atoms with van der Waals surface area (Å²) in [5.74, 6) is 1.78. The van der Waals surface area contributed by atoms with E-state index in [-0.39, 0.29) is 5.91 Å². The maximum absolute atomic E-state index is 11.9. The van der Waals surface area contributed by atoms with Gasteiger partial charge < -0.3 is 9.32 Å². The van der Waals surface area contributed by atoms with Gasteiger partial charge in [0.25, 0.3) is 0 Å². The summed E-state index contributed by atoms with van der Waals surface area (Å²) in [7, 11) is 0. The lowest BCUT2D eigenvalue weighted by Crippen LogP contribution is -2.47. The molecule has 0 spiro atoms. The minimum atomic E-state index is 0.205. The molecule has 0 unspecified atom stereocenters. The minimum absolute atomic E-state index is 0.205. The Balaban J connectivity index is 1.47. The van der Waals surface area contributed by atoms with Crippen LogP contribution in [0.25, 0.3) is 11.3 Å². The number of benzene rings is 1. The Bertz CT molecular complexity index is 728. The van der Waals surface area contributed by atoms with Crippen molar-refractivity contribution in [1.29, 1.82) is 0 Å². The van der Waals surface area contributed by atoms with Crippen LogP contribution in [0.4, 0.5) is 0 Å². The first kappa shape index (κ1) is 16.3. The van der Waals surface area contributed by atoms with Crippen LogP contribution in [0.3, 0.4) is 0 Å². The van der Waals surface area contributed by atoms with E-state index in [0.717, 1.165) is 56.1 Å². The van der Waals surface area contributed by atoms with Crippen molar-refractivity contribution in [3.63, 3.8) is 0 Å². The molecule has 2 aliphatic rings. The summed E-state index contributed by atoms with van der Waals surface area (Å²) >= 11 is 0. The van der Waals surface area contributed by atoms with Crippen LogP contribution in [-0.4, -0.2) is 45.9 Å². The summed E-state index contributed by atoms with van der Waals surface area (Å²) < 4.78 is 5.98. The minimum Gasteiger partial charge on any atom is -0.439 e. The third-order valence-corrected chi connectivity index (χ3v) is 5.51. The van der Waals surface area contributed by atoms with Gasteiger partial charge in [-0.05, 0) is 32.2 Å². The number of likely N-dealkylation sites (tertiary alicyclic amines) is 2. The molecule has 3 heterocycles. The Hall–Kier alpha value is -2.14. The van der Waals surface area contributed by atoms with Gasteiger partial charge in [-0.2, -0.15) is 0 Å². The summed E-state index contributed by atoms with van der Waals surface area (Å²) in [6.45, 7) is 4.37. The van der Waals surface area contributed by atoms with Gasteiger partial charge in [-0.1, -0.05) is 30.3 Å². The molecule has 2 fully saturated rings. The van der Waals surface area contributed by atoms with E-state index in [1.165, 1.54) is 6.42 Å². The molecule has 2 aliphatic heterocycles. The van der Waals surface area contributed by atoms with Crippen molar-refractivity contribution >= 4 is 5.91 Å². The number of rotatable bonds is 4. The zero-order chi connectivity index (χ0) is 17.2. The molecule has 5 heteroatoms. The highest BCUT2D eigenvalue weighted by molar-refractivity contribution is 5.74. The van der Waals surface area contributed by atoms with Crippen LogP contribution in [0.1, 0.15) is 38.5 Å². The molecule has 0 bridgehead atoms. The van der Waals surface area contributed by atoms with E-state index in [0.29, 0.717) is 12.1 Å². The quantitative estimate of drug-likeness (QED) is 0.857. The van der Waals surface area contributed by atoms with Gasteiger partial charge in [-0.15, -0.1) is 0 Å². The van der Waals surface area contributed by atoms with Crippen LogP contribution in [0, 0.1) is 0 Å². The van der Waals surface area contributed by atoms with Crippen LogP contribution >= 0.6 is 0 Å². The molecule has 0 aliphatic carbocycles. The third-order valence-electron chi connectivity index (χ3n) is 5.51. The molecule has 0 N–H and O–H groups in total. The first-order valence-corrected chi connectivity index (χ1v) is 9.24. The van der Waals surface area contributed by atoms with Crippen LogP contribution < -0.4 is 0 Å². The number of aromatic nitrogens is 1. The van der Waals surface area contributed by atoms with Crippen molar-refractivity contribution in [3.05, 3.63) is 42.4 Å². The molecule has 4 rings (SSSR count). The van der Waals surface area contributed by atoms with Gasteiger partial charge in [-0.3, -0.25) is 9.69 Å². The van der Waals surface area contributed by atoms with Gasteiger partial charge in [-0.25, -0.2) is 4.98 Å². The fourth-order valence-electron chi connectivity index (χ4n) is 4.36. The molecule has 1 aromatic carbocycles. The van der Waals surface area contributed by atoms with Gasteiger partial charge in [0.15, 0.2) is 5.76 Å². The first-order chi connectivity index (χ1) is 12.2. The fourth-order valence-corrected chi connectivity index (χ4v) is 4.36. The summed E-state index contributed by atoms with van der Waals surface area (Å²) in [6, 6.07) is 10.9. The predicted octanol–water partition coefficient (Wildman–Crippen LogP) is 3.32. The Morgan fingerprint density at radius 1 is 1.16 bits per heavy atom. The van der Waals surface area contributed by atoms with Crippen molar-refractivity contribution < 1.29 is 9.21 Å². The summed E-state index contributed by atoms with van der Waals surface area (Å²) in [4.78, 5) is 20.9. The zero-order valence-electron chi connectivity index (χ0n) is 14.7. The lowest BCUT2D eigenvalue weighted by Gasteiger charge is -2.34. The van der Waals surface area contributed by atoms with Gasteiger partial charge in [0, 0.05) is 31.1 Å². The molecule has 1 amide bonds. The van der Waals surface area contributed by atoms with Crippen LogP contribution in [-0.2, 0) is 11.3 Å². The second-order valence-electron chi connectivity index (χ2n) is 7.09. The summed E-state index contributed by atoms with van der Waals surface area (Å²) in [6.07, 6.45) is 6.38. The van der Waals surface area contributed by atoms with Crippen molar-refractivity contribution in [2.24, 2.45) is 0 Å². The van der Waals surface area contributed by atoms with Crippen molar-refractivity contribution in [2.75, 3.05) is 13.1 Å². The molecule has 2 saturated heterocycles. The molecule has 25 heavy (non-hydrogen) atoms. The van der Waals surface area contributed by atoms with E-state index in [9.17, 15) is 4.79 Å². The standard InChI is InChI=1S/C20H25N3O2/c1-15(24)23-12-6-10-18(23)17-9-5-11-22(17)14-20-21-13-19(25-20)16-7-3-2-4-8-16/h2-4,7-8,13,17-18H,5-6,9-12,14H2,1H3/t17-,18+/m1/s1. The average Bonchev–Trinajstić information content (AvgIpc) is 3.36. The molecule has 132 valence electrons. The van der Waals surface area contributed by atoms with Crippen LogP contribution in [0.5, 0.6) is 0 Å². The SMILES string of the molecule is CC(=O)N1CCC[C@H]1[C@H]1CCCN1Cc1ncc(-c2ccccc2)o1. The molecular weight excluding hydrogens is 314 g/mol. The van der Waals surface area contributed by atoms with Crippen molar-refractivity contribution in [3.8, 4) is 11.3 Å². The van der Waals surface area contributed by atoms with E-state index in [1.54, 1.807) is 6.92 Å². The Morgan fingerprint density at radius 2 is 1.92 bits per heavy atom. The molecule has 1 aromatic heterocycles. The fraction of sp³-hybridized carbons (Fsp3) is 0.500. The van der Waals surface area contributed by atoms with E-state index >= 15 is 0 Å². The molecule has 2 atom stereocenters. The second kappa shape index (κ2) is 7.00. The highest BCUT2D eigenvalue weighted by Gasteiger charge is 2.39. The number of carbonyl (C=O) groups is 1. The number of oxazole rings is 1. The topological polar surface area (TPSA) is 49.6 Å². The van der Waals surface area contributed by atoms with E-state index in [1.807, 2.05) is 36.5 Å². The van der Waals surface area contributed by atoms with Gasteiger partial charge >= 0.3 is 0 Å². The number of hydrogen-bond donors (Lipinski definition) is 0. The number of hydrogen-bond acceptors (Lipinski definition) is 4. The van der Waals surface area contributed by atoms with Gasteiger partial charge in [0.05, 0.1) is 12.7 Å². The van der Waals surface area contributed by atoms with Gasteiger partial charge in [0.1, 0.15) is 0 Å². The highest BCUT2D eigenvalue weighted by Crippen LogP contribution is 2.31. The second-order valence-corrected chi connectivity index (χ2v) is 7.09. The van der Waals surface area contributed by atoms with E-state index in [2.05, 4.69) is 14.8 Å². The number of carbonyl (C=O) groups excluding carboxylic acids is 1. The molecular formula is C20H25N3O2. The summed E-state index contributed by atoms with van der Waals surface area (Å²) in [5, 5.41) is 0. The maximum atomic E-state index is 11.9. The lowest BCUT2D eigenvalue weighted by atomic mass is 10.0. The average molecular weight is 339 g/mol. The van der Waals surface area contributed by atoms with Crippen molar-refractivity contribution in [2.45, 2.75) is 51.2 Å². The van der Waals surface area contributed by atoms with Crippen LogP contribution in [0.2, 0.25) is 0 Å². The Morgan fingerprint density at radius 3 is 2.72 bits per heavy atom. The van der Waals surface area contributed by atoms with Gasteiger partial charge in [0.2, 0.25) is 11.8 Å². The highest BCUT2D eigenvalue weighted by atomic mass is 16.4. The molecule has 0 saturated carbocycles. The first-order valence-electron chi connectivity index (χ1n) is 9.24. The molecule has 5 nitrogen and oxygen atoms in total. The molecule has 2 aromatic rings. The Kier molecular flexibility index (Phi) is 4.57. The lowest BCUT2D eigenvalue weighted by molar-refractivity contribution is -0.130. The Labute approximate surface area is 148 Å². The van der Waals surface area contributed by atoms with E-state index < -0.39 is 0 Å². The largest absolute Gasteiger partial charge is 0.439 e. The van der Waals surface area contributed by atoms with Crippen molar-refractivity contribution in [1.82, 2.24) is 14.8 Å². The number of amides is 1. The number of nitrogens with zero attached hydrogens (tertiary/aromatic N) is 3. The smallest absolute Gasteiger partial charge is 0.219 e. The zero-order valence-corrected chi connectivity index (χ0v) is 14.7.